The van der Waals surface area contributed by atoms with Crippen LogP contribution in [-0.4, -0.2) is 19.4 Å². The second kappa shape index (κ2) is 6.93. The minimum Gasteiger partial charge on any atom is -0.229 e. The Hall–Kier alpha value is -0.560. The molecule has 1 aliphatic carbocycles. The summed E-state index contributed by atoms with van der Waals surface area (Å²) >= 11 is 0. The van der Waals surface area contributed by atoms with E-state index in [4.69, 9.17) is 0 Å². The largest absolute Gasteiger partial charge is 0.229 e. The maximum atomic E-state index is 12.6. The molecule has 0 N–H and O–H groups in total. The molecular formula is C16H29NO2S. The Balaban J connectivity index is 2.84. The molecule has 1 fully saturated rings. The van der Waals surface area contributed by atoms with Crippen LogP contribution in [0.1, 0.15) is 66.2 Å². The van der Waals surface area contributed by atoms with Crippen LogP contribution in [0.15, 0.2) is 0 Å². The zero-order chi connectivity index (χ0) is 15.4. The number of hydrogen-bond donors (Lipinski definition) is 0. The van der Waals surface area contributed by atoms with Gasteiger partial charge in [-0.15, -0.1) is 0 Å². The molecule has 0 amide bonds. The van der Waals surface area contributed by atoms with Gasteiger partial charge in [-0.2, -0.15) is 5.26 Å². The fraction of sp³-hybridized carbons (Fsp3) is 0.938. The maximum absolute atomic E-state index is 12.6. The van der Waals surface area contributed by atoms with Crippen LogP contribution in [-0.2, 0) is 9.84 Å². The van der Waals surface area contributed by atoms with E-state index in [9.17, 15) is 13.7 Å². The van der Waals surface area contributed by atoms with Gasteiger partial charge >= 0.3 is 0 Å². The minimum atomic E-state index is -3.13. The van der Waals surface area contributed by atoms with Gasteiger partial charge < -0.3 is 0 Å². The SMILES string of the molecule is CCCCCS(=O)(=O)C1CC(C(C)(C)C)CCC1C#N. The van der Waals surface area contributed by atoms with Crippen LogP contribution in [0.25, 0.3) is 0 Å². The van der Waals surface area contributed by atoms with Crippen LogP contribution in [0.4, 0.5) is 0 Å². The van der Waals surface area contributed by atoms with Gasteiger partial charge in [-0.1, -0.05) is 40.5 Å². The third kappa shape index (κ3) is 4.48. The van der Waals surface area contributed by atoms with Crippen LogP contribution in [0, 0.1) is 28.6 Å². The molecule has 3 unspecified atom stereocenters. The second-order valence-corrected chi connectivity index (χ2v) is 9.56. The van der Waals surface area contributed by atoms with E-state index in [-0.39, 0.29) is 17.1 Å². The van der Waals surface area contributed by atoms with Crippen LogP contribution in [0.2, 0.25) is 0 Å². The summed E-state index contributed by atoms with van der Waals surface area (Å²) in [5.74, 6) is 0.346. The molecule has 4 heteroatoms. The first-order valence-electron chi connectivity index (χ1n) is 7.83. The van der Waals surface area contributed by atoms with Crippen molar-refractivity contribution in [1.82, 2.24) is 0 Å². The topological polar surface area (TPSA) is 57.9 Å². The highest BCUT2D eigenvalue weighted by Gasteiger charge is 2.41. The van der Waals surface area contributed by atoms with Crippen LogP contribution < -0.4 is 0 Å². The first-order valence-corrected chi connectivity index (χ1v) is 9.55. The molecule has 0 bridgehead atoms. The number of unbranched alkanes of at least 4 members (excludes halogenated alkanes) is 2. The Morgan fingerprint density at radius 1 is 1.20 bits per heavy atom. The number of hydrogen-bond acceptors (Lipinski definition) is 3. The summed E-state index contributed by atoms with van der Waals surface area (Å²) in [6.07, 6.45) is 5.07. The van der Waals surface area contributed by atoms with Crippen LogP contribution in [0.3, 0.4) is 0 Å². The third-order valence-electron chi connectivity index (χ3n) is 4.68. The van der Waals surface area contributed by atoms with E-state index in [1.165, 1.54) is 0 Å². The Labute approximate surface area is 124 Å². The normalized spacial score (nSPS) is 28.1. The van der Waals surface area contributed by atoms with Gasteiger partial charge in [0.05, 0.1) is 23.0 Å². The minimum absolute atomic E-state index is 0.123. The molecule has 1 saturated carbocycles. The predicted octanol–water partition coefficient (Wildman–Crippen LogP) is 3.95. The molecule has 0 radical (unpaired) electrons. The van der Waals surface area contributed by atoms with Crippen LogP contribution in [0.5, 0.6) is 0 Å². The summed E-state index contributed by atoms with van der Waals surface area (Å²) < 4.78 is 25.1. The zero-order valence-electron chi connectivity index (χ0n) is 13.4. The van der Waals surface area contributed by atoms with Gasteiger partial charge in [0.25, 0.3) is 0 Å². The fourth-order valence-electron chi connectivity index (χ4n) is 3.16. The van der Waals surface area contributed by atoms with Crippen molar-refractivity contribution < 1.29 is 8.42 Å². The maximum Gasteiger partial charge on any atom is 0.154 e. The summed E-state index contributed by atoms with van der Waals surface area (Å²) in [6.45, 7) is 8.59. The van der Waals surface area contributed by atoms with Crippen molar-refractivity contribution in [2.24, 2.45) is 17.3 Å². The lowest BCUT2D eigenvalue weighted by Crippen LogP contribution is -2.40. The fourth-order valence-corrected chi connectivity index (χ4v) is 5.30. The van der Waals surface area contributed by atoms with Crippen molar-refractivity contribution >= 4 is 9.84 Å². The van der Waals surface area contributed by atoms with E-state index in [0.29, 0.717) is 12.3 Å². The number of nitrogens with zero attached hydrogens (tertiary/aromatic N) is 1. The highest BCUT2D eigenvalue weighted by molar-refractivity contribution is 7.92. The quantitative estimate of drug-likeness (QED) is 0.722. The Bertz CT molecular complexity index is 442. The first kappa shape index (κ1) is 17.5. The first-order chi connectivity index (χ1) is 9.22. The van der Waals surface area contributed by atoms with Gasteiger partial charge in [0, 0.05) is 0 Å². The third-order valence-corrected chi connectivity index (χ3v) is 6.98. The lowest BCUT2D eigenvalue weighted by Gasteiger charge is -2.39. The second-order valence-electron chi connectivity index (χ2n) is 7.22. The van der Waals surface area contributed by atoms with Crippen molar-refractivity contribution in [2.75, 3.05) is 5.75 Å². The molecule has 0 aromatic carbocycles. The zero-order valence-corrected chi connectivity index (χ0v) is 14.2. The summed E-state index contributed by atoms with van der Waals surface area (Å²) in [5, 5.41) is 8.83. The summed E-state index contributed by atoms with van der Waals surface area (Å²) in [5.41, 5.74) is 0.123. The smallest absolute Gasteiger partial charge is 0.154 e. The van der Waals surface area contributed by atoms with E-state index in [2.05, 4.69) is 33.8 Å². The Morgan fingerprint density at radius 2 is 1.85 bits per heavy atom. The Morgan fingerprint density at radius 3 is 2.35 bits per heavy atom. The molecule has 3 nitrogen and oxygen atoms in total. The van der Waals surface area contributed by atoms with E-state index in [0.717, 1.165) is 32.1 Å². The number of sulfone groups is 1. The summed E-state index contributed by atoms with van der Waals surface area (Å²) in [7, 11) is -3.13. The lowest BCUT2D eigenvalue weighted by molar-refractivity contribution is 0.166. The highest BCUT2D eigenvalue weighted by atomic mass is 32.2. The average molecular weight is 299 g/mol. The van der Waals surface area contributed by atoms with E-state index in [1.54, 1.807) is 0 Å². The standard InChI is InChI=1S/C16H29NO2S/c1-5-6-7-10-20(18,19)15-11-14(16(2,3)4)9-8-13(15)12-17/h13-15H,5-11H2,1-4H3. The highest BCUT2D eigenvalue weighted by Crippen LogP contribution is 2.42. The molecule has 1 aliphatic rings. The van der Waals surface area contributed by atoms with Gasteiger partial charge in [-0.05, 0) is 37.0 Å². The molecule has 20 heavy (non-hydrogen) atoms. The van der Waals surface area contributed by atoms with Gasteiger partial charge in [0.1, 0.15) is 0 Å². The van der Waals surface area contributed by atoms with Gasteiger partial charge in [0.15, 0.2) is 9.84 Å². The molecule has 0 aromatic heterocycles. The molecule has 3 atom stereocenters. The molecule has 116 valence electrons. The Kier molecular flexibility index (Phi) is 6.06. The van der Waals surface area contributed by atoms with E-state index < -0.39 is 15.1 Å². The predicted molar refractivity (Wildman–Crippen MR) is 83.0 cm³/mol. The molecule has 0 saturated heterocycles. The van der Waals surface area contributed by atoms with Crippen molar-refractivity contribution in [3.05, 3.63) is 0 Å². The number of nitriles is 1. The molecule has 0 aliphatic heterocycles. The van der Waals surface area contributed by atoms with Gasteiger partial charge in [0.2, 0.25) is 0 Å². The summed E-state index contributed by atoms with van der Waals surface area (Å²) in [4.78, 5) is 0. The van der Waals surface area contributed by atoms with E-state index >= 15 is 0 Å². The van der Waals surface area contributed by atoms with Gasteiger partial charge in [-0.3, -0.25) is 0 Å². The monoisotopic (exact) mass is 299 g/mol. The van der Waals surface area contributed by atoms with Gasteiger partial charge in [-0.25, -0.2) is 8.42 Å². The molecule has 0 spiro atoms. The van der Waals surface area contributed by atoms with Crippen molar-refractivity contribution in [2.45, 2.75) is 71.5 Å². The lowest BCUT2D eigenvalue weighted by atomic mass is 9.70. The van der Waals surface area contributed by atoms with Crippen LogP contribution >= 0.6 is 0 Å². The molecule has 0 aromatic rings. The molecule has 0 heterocycles. The van der Waals surface area contributed by atoms with Crippen molar-refractivity contribution in [3.8, 4) is 6.07 Å². The number of rotatable bonds is 5. The summed E-state index contributed by atoms with van der Waals surface area (Å²) in [6, 6.07) is 2.24. The molecule has 1 rings (SSSR count). The van der Waals surface area contributed by atoms with Crippen molar-refractivity contribution in [1.29, 1.82) is 5.26 Å². The van der Waals surface area contributed by atoms with Crippen molar-refractivity contribution in [3.63, 3.8) is 0 Å². The average Bonchev–Trinajstić information content (AvgIpc) is 2.37. The van der Waals surface area contributed by atoms with E-state index in [1.807, 2.05) is 0 Å². The molecular weight excluding hydrogens is 270 g/mol.